The van der Waals surface area contributed by atoms with Gasteiger partial charge in [-0.05, 0) is 69.3 Å². The van der Waals surface area contributed by atoms with Crippen LogP contribution in [0.4, 0.5) is 0 Å². The quantitative estimate of drug-likeness (QED) is 0.186. The molecule has 0 spiro atoms. The summed E-state index contributed by atoms with van der Waals surface area (Å²) >= 11 is 0. The summed E-state index contributed by atoms with van der Waals surface area (Å²) in [5, 5.41) is 8.43. The molecule has 1 aliphatic heterocycles. The Labute approximate surface area is 324 Å². The van der Waals surface area contributed by atoms with Crippen molar-refractivity contribution in [3.05, 3.63) is 217 Å². The highest BCUT2D eigenvalue weighted by atomic mass is 16.3. The number of rotatable bonds is 6. The molecule has 56 heavy (non-hydrogen) atoms. The summed E-state index contributed by atoms with van der Waals surface area (Å²) in [4.78, 5) is 5.34. The van der Waals surface area contributed by atoms with Gasteiger partial charge in [-0.2, -0.15) is 0 Å². The number of benzene rings is 8. The van der Waals surface area contributed by atoms with Gasteiger partial charge in [-0.15, -0.1) is 0 Å². The van der Waals surface area contributed by atoms with Crippen molar-refractivity contribution < 1.29 is 4.42 Å². The maximum absolute atomic E-state index is 6.58. The Kier molecular flexibility index (Phi) is 7.52. The Balaban J connectivity index is 0.997. The lowest BCUT2D eigenvalue weighted by molar-refractivity contribution is 0.664. The molecule has 0 saturated carbocycles. The summed E-state index contributed by atoms with van der Waals surface area (Å²) in [5.41, 5.74) is 15.1. The predicted octanol–water partition coefficient (Wildman–Crippen LogP) is 13.1. The van der Waals surface area contributed by atoms with Gasteiger partial charge in [0.05, 0.1) is 22.4 Å². The summed E-state index contributed by atoms with van der Waals surface area (Å²) in [6.45, 7) is 0. The zero-order valence-electron chi connectivity index (χ0n) is 30.4. The molecule has 10 aromatic rings. The second-order valence-electron chi connectivity index (χ2n) is 14.4. The van der Waals surface area contributed by atoms with Crippen molar-refractivity contribution in [3.8, 4) is 27.9 Å². The van der Waals surface area contributed by atoms with E-state index in [0.717, 1.165) is 66.8 Å². The molecule has 264 valence electrons. The van der Waals surface area contributed by atoms with Crippen LogP contribution in [-0.4, -0.2) is 10.3 Å². The minimum atomic E-state index is -0.312. The van der Waals surface area contributed by atoms with E-state index in [-0.39, 0.29) is 6.17 Å². The molecule has 1 unspecified atom stereocenters. The molecular weight excluding hydrogens is 683 g/mol. The maximum Gasteiger partial charge on any atom is 0.159 e. The highest BCUT2D eigenvalue weighted by Crippen LogP contribution is 2.39. The fraction of sp³-hybridized carbons (Fsp3) is 0.0192. The van der Waals surface area contributed by atoms with Crippen molar-refractivity contribution in [3.63, 3.8) is 0 Å². The van der Waals surface area contributed by atoms with Crippen molar-refractivity contribution in [1.82, 2.24) is 9.88 Å². The summed E-state index contributed by atoms with van der Waals surface area (Å²) in [6.07, 6.45) is 1.86. The van der Waals surface area contributed by atoms with E-state index in [1.54, 1.807) is 0 Å². The van der Waals surface area contributed by atoms with Crippen molar-refractivity contribution in [2.45, 2.75) is 6.17 Å². The lowest BCUT2D eigenvalue weighted by Gasteiger charge is -2.25. The SMILES string of the molecule is C1=C(c2ccc(-c3ccc(-c4ccccc4)cc3)cc2)NC(c2ccc3c4ccccc4n(-c4cccc5c4oc4ccccc45)c3c2)N=C1c1ccccc1. The van der Waals surface area contributed by atoms with Crippen molar-refractivity contribution in [1.29, 1.82) is 0 Å². The Hall–Kier alpha value is -7.43. The van der Waals surface area contributed by atoms with Crippen LogP contribution in [0, 0.1) is 0 Å². The summed E-state index contributed by atoms with van der Waals surface area (Å²) in [7, 11) is 0. The van der Waals surface area contributed by atoms with Crippen LogP contribution in [0.3, 0.4) is 0 Å². The number of nitrogens with zero attached hydrogens (tertiary/aromatic N) is 2. The third kappa shape index (κ3) is 5.42. The first-order valence-electron chi connectivity index (χ1n) is 19.1. The molecule has 8 aromatic carbocycles. The maximum atomic E-state index is 6.58. The standard InChI is InChI=1S/C52H35N3O/c1-3-12-34(13-4-1)35-22-24-36(25-23-35)37-26-28-39(29-27-37)46-33-45(38-14-5-2-6-15-38)53-52(54-46)40-30-31-42-41-16-7-9-19-47(41)55(49(42)32-40)48-20-11-18-44-43-17-8-10-21-50(43)56-51(44)48/h1-33,52,54H. The van der Waals surface area contributed by atoms with Crippen LogP contribution in [0.25, 0.3) is 77.4 Å². The molecule has 1 aliphatic rings. The van der Waals surface area contributed by atoms with Gasteiger partial charge in [0.1, 0.15) is 11.7 Å². The van der Waals surface area contributed by atoms with Gasteiger partial charge < -0.3 is 14.3 Å². The summed E-state index contributed by atoms with van der Waals surface area (Å²) in [6, 6.07) is 68.7. The molecule has 0 saturated heterocycles. The number of aliphatic imine (C=N–C) groups is 1. The Morgan fingerprint density at radius 2 is 1.02 bits per heavy atom. The number of fused-ring (bicyclic) bond motifs is 6. The van der Waals surface area contributed by atoms with Gasteiger partial charge in [-0.3, -0.25) is 4.99 Å². The number of hydrogen-bond donors (Lipinski definition) is 1. The Bertz CT molecular complexity index is 3130. The number of allylic oxidation sites excluding steroid dienone is 1. The zero-order chi connectivity index (χ0) is 37.0. The number of para-hydroxylation sites is 3. The smallest absolute Gasteiger partial charge is 0.159 e. The van der Waals surface area contributed by atoms with Gasteiger partial charge in [-0.1, -0.05) is 170 Å². The largest absolute Gasteiger partial charge is 0.454 e. The lowest BCUT2D eigenvalue weighted by Crippen LogP contribution is -2.24. The van der Waals surface area contributed by atoms with Crippen LogP contribution in [0.2, 0.25) is 0 Å². The molecule has 1 atom stereocenters. The highest BCUT2D eigenvalue weighted by molar-refractivity contribution is 6.14. The third-order valence-corrected chi connectivity index (χ3v) is 11.1. The number of aromatic nitrogens is 1. The Morgan fingerprint density at radius 3 is 1.75 bits per heavy atom. The fourth-order valence-corrected chi connectivity index (χ4v) is 8.28. The van der Waals surface area contributed by atoms with Crippen LogP contribution in [0.1, 0.15) is 22.9 Å². The first-order chi connectivity index (χ1) is 27.7. The van der Waals surface area contributed by atoms with Crippen LogP contribution < -0.4 is 5.32 Å². The van der Waals surface area contributed by atoms with E-state index in [1.165, 1.54) is 33.0 Å². The van der Waals surface area contributed by atoms with E-state index in [1.807, 2.05) is 18.2 Å². The van der Waals surface area contributed by atoms with Crippen LogP contribution in [0.15, 0.2) is 210 Å². The van der Waals surface area contributed by atoms with Crippen LogP contribution in [0.5, 0.6) is 0 Å². The third-order valence-electron chi connectivity index (χ3n) is 11.1. The Morgan fingerprint density at radius 1 is 0.446 bits per heavy atom. The first-order valence-corrected chi connectivity index (χ1v) is 19.1. The number of hydrogen-bond acceptors (Lipinski definition) is 3. The van der Waals surface area contributed by atoms with Gasteiger partial charge in [-0.25, -0.2) is 0 Å². The van der Waals surface area contributed by atoms with Gasteiger partial charge >= 0.3 is 0 Å². The fourth-order valence-electron chi connectivity index (χ4n) is 8.28. The lowest BCUT2D eigenvalue weighted by atomic mass is 9.98. The molecule has 4 heteroatoms. The molecule has 4 nitrogen and oxygen atoms in total. The highest BCUT2D eigenvalue weighted by Gasteiger charge is 2.23. The van der Waals surface area contributed by atoms with Gasteiger partial charge in [0.25, 0.3) is 0 Å². The summed E-state index contributed by atoms with van der Waals surface area (Å²) < 4.78 is 8.93. The van der Waals surface area contributed by atoms with Gasteiger partial charge in [0.2, 0.25) is 0 Å². The molecular formula is C52H35N3O. The van der Waals surface area contributed by atoms with Crippen molar-refractivity contribution >= 4 is 55.2 Å². The molecule has 2 aromatic heterocycles. The van der Waals surface area contributed by atoms with E-state index in [9.17, 15) is 0 Å². The second-order valence-corrected chi connectivity index (χ2v) is 14.4. The second kappa shape index (κ2) is 13.2. The predicted molar refractivity (Wildman–Crippen MR) is 232 cm³/mol. The van der Waals surface area contributed by atoms with E-state index in [4.69, 9.17) is 9.41 Å². The van der Waals surface area contributed by atoms with Crippen molar-refractivity contribution in [2.24, 2.45) is 4.99 Å². The minimum absolute atomic E-state index is 0.312. The molecule has 0 radical (unpaired) electrons. The first kappa shape index (κ1) is 32.0. The molecule has 0 aliphatic carbocycles. The minimum Gasteiger partial charge on any atom is -0.454 e. The van der Waals surface area contributed by atoms with E-state index < -0.39 is 0 Å². The van der Waals surface area contributed by atoms with Gasteiger partial charge in [0.15, 0.2) is 5.58 Å². The molecule has 1 N–H and O–H groups in total. The van der Waals surface area contributed by atoms with E-state index >= 15 is 0 Å². The van der Waals surface area contributed by atoms with E-state index in [0.29, 0.717) is 0 Å². The molecule has 0 bridgehead atoms. The number of furan rings is 1. The molecule has 0 fully saturated rings. The topological polar surface area (TPSA) is 42.5 Å². The zero-order valence-corrected chi connectivity index (χ0v) is 30.4. The number of nitrogens with one attached hydrogen (secondary N) is 1. The summed E-state index contributed by atoms with van der Waals surface area (Å²) in [5.74, 6) is 0. The van der Waals surface area contributed by atoms with Gasteiger partial charge in [0, 0.05) is 27.2 Å². The monoisotopic (exact) mass is 717 g/mol. The average Bonchev–Trinajstić information content (AvgIpc) is 3.83. The molecule has 0 amide bonds. The molecule has 3 heterocycles. The van der Waals surface area contributed by atoms with Crippen LogP contribution in [-0.2, 0) is 0 Å². The normalized spacial score (nSPS) is 14.2. The average molecular weight is 718 g/mol. The van der Waals surface area contributed by atoms with Crippen LogP contribution >= 0.6 is 0 Å². The van der Waals surface area contributed by atoms with E-state index in [2.05, 4.69) is 192 Å². The molecule has 11 rings (SSSR count). The van der Waals surface area contributed by atoms with Crippen molar-refractivity contribution in [2.75, 3.05) is 0 Å².